The maximum absolute atomic E-state index is 11.8. The molecule has 16 heavy (non-hydrogen) atoms. The Labute approximate surface area is 96.4 Å². The van der Waals surface area contributed by atoms with Crippen molar-refractivity contribution in [3.05, 3.63) is 29.8 Å². The first kappa shape index (κ1) is 13.2. The minimum atomic E-state index is -3.45. The first-order valence-corrected chi connectivity index (χ1v) is 6.63. The van der Waals surface area contributed by atoms with Crippen LogP contribution in [0.3, 0.4) is 0 Å². The van der Waals surface area contributed by atoms with Gasteiger partial charge in [0.1, 0.15) is 0 Å². The molecule has 1 rings (SSSR count). The van der Waals surface area contributed by atoms with Crippen molar-refractivity contribution in [2.24, 2.45) is 5.92 Å². The van der Waals surface area contributed by atoms with Gasteiger partial charge in [-0.1, -0.05) is 26.0 Å². The fourth-order valence-electron chi connectivity index (χ4n) is 1.17. The smallest absolute Gasteiger partial charge is 0.240 e. The van der Waals surface area contributed by atoms with Crippen LogP contribution in [0.25, 0.3) is 0 Å². The minimum Gasteiger partial charge on any atom is -0.392 e. The summed E-state index contributed by atoms with van der Waals surface area (Å²) in [7, 11) is -3.45. The third-order valence-electron chi connectivity index (χ3n) is 2.07. The Morgan fingerprint density at radius 3 is 2.62 bits per heavy atom. The predicted octanol–water partition coefficient (Wildman–Crippen LogP) is 1.11. The van der Waals surface area contributed by atoms with Gasteiger partial charge < -0.3 is 5.11 Å². The summed E-state index contributed by atoms with van der Waals surface area (Å²) in [6.07, 6.45) is 0. The number of rotatable bonds is 5. The van der Waals surface area contributed by atoms with Crippen LogP contribution in [0.4, 0.5) is 0 Å². The van der Waals surface area contributed by atoms with E-state index in [1.165, 1.54) is 12.1 Å². The van der Waals surface area contributed by atoms with Crippen LogP contribution in [0.2, 0.25) is 0 Å². The molecule has 0 aliphatic rings. The van der Waals surface area contributed by atoms with Crippen molar-refractivity contribution in [1.82, 2.24) is 4.72 Å². The van der Waals surface area contributed by atoms with E-state index in [1.807, 2.05) is 13.8 Å². The second-order valence-corrected chi connectivity index (χ2v) is 5.82. The van der Waals surface area contributed by atoms with Gasteiger partial charge in [-0.2, -0.15) is 0 Å². The number of hydrogen-bond acceptors (Lipinski definition) is 3. The lowest BCUT2D eigenvalue weighted by Gasteiger charge is -2.09. The Morgan fingerprint density at radius 2 is 2.06 bits per heavy atom. The Morgan fingerprint density at radius 1 is 1.38 bits per heavy atom. The fourth-order valence-corrected chi connectivity index (χ4v) is 2.45. The number of benzene rings is 1. The molecular formula is C11H17NO3S. The van der Waals surface area contributed by atoms with E-state index in [2.05, 4.69) is 4.72 Å². The van der Waals surface area contributed by atoms with Crippen molar-refractivity contribution < 1.29 is 13.5 Å². The monoisotopic (exact) mass is 243 g/mol. The highest BCUT2D eigenvalue weighted by atomic mass is 32.2. The van der Waals surface area contributed by atoms with E-state index in [-0.39, 0.29) is 17.4 Å². The highest BCUT2D eigenvalue weighted by molar-refractivity contribution is 7.89. The maximum Gasteiger partial charge on any atom is 0.240 e. The number of nitrogens with one attached hydrogen (secondary N) is 1. The molecule has 2 N–H and O–H groups in total. The third kappa shape index (κ3) is 3.59. The van der Waals surface area contributed by atoms with E-state index in [0.29, 0.717) is 12.1 Å². The fraction of sp³-hybridized carbons (Fsp3) is 0.455. The lowest BCUT2D eigenvalue weighted by atomic mass is 10.2. The van der Waals surface area contributed by atoms with Crippen LogP contribution in [-0.4, -0.2) is 20.1 Å². The topological polar surface area (TPSA) is 66.4 Å². The summed E-state index contributed by atoms with van der Waals surface area (Å²) >= 11 is 0. The molecule has 0 aliphatic heterocycles. The summed E-state index contributed by atoms with van der Waals surface area (Å²) in [5.41, 5.74) is 0.590. The van der Waals surface area contributed by atoms with E-state index in [1.54, 1.807) is 12.1 Å². The summed E-state index contributed by atoms with van der Waals surface area (Å²) in [6.45, 7) is 4.12. The van der Waals surface area contributed by atoms with Crippen molar-refractivity contribution in [2.45, 2.75) is 25.3 Å². The molecule has 4 nitrogen and oxygen atoms in total. The SMILES string of the molecule is CC(C)CNS(=O)(=O)c1cccc(CO)c1. The van der Waals surface area contributed by atoms with E-state index in [4.69, 9.17) is 5.11 Å². The Bertz CT molecular complexity index is 440. The second kappa shape index (κ2) is 5.43. The van der Waals surface area contributed by atoms with E-state index in [9.17, 15) is 8.42 Å². The summed E-state index contributed by atoms with van der Waals surface area (Å²) in [6, 6.07) is 6.29. The Kier molecular flexibility index (Phi) is 4.46. The van der Waals surface area contributed by atoms with Gasteiger partial charge in [0, 0.05) is 6.54 Å². The second-order valence-electron chi connectivity index (χ2n) is 4.05. The van der Waals surface area contributed by atoms with Crippen molar-refractivity contribution in [3.63, 3.8) is 0 Å². The van der Waals surface area contributed by atoms with E-state index >= 15 is 0 Å². The Hall–Kier alpha value is -0.910. The minimum absolute atomic E-state index is 0.159. The lowest BCUT2D eigenvalue weighted by Crippen LogP contribution is -2.27. The molecule has 0 spiro atoms. The molecule has 0 amide bonds. The third-order valence-corrected chi connectivity index (χ3v) is 3.49. The van der Waals surface area contributed by atoms with Gasteiger partial charge >= 0.3 is 0 Å². The van der Waals surface area contributed by atoms with Gasteiger partial charge in [-0.15, -0.1) is 0 Å². The highest BCUT2D eigenvalue weighted by Crippen LogP contribution is 2.11. The van der Waals surface area contributed by atoms with Crippen LogP contribution in [-0.2, 0) is 16.6 Å². The first-order valence-electron chi connectivity index (χ1n) is 5.15. The average molecular weight is 243 g/mol. The maximum atomic E-state index is 11.8. The zero-order valence-corrected chi connectivity index (χ0v) is 10.3. The first-order chi connectivity index (χ1) is 7.45. The summed E-state index contributed by atoms with van der Waals surface area (Å²) in [5.74, 6) is 0.260. The molecule has 5 heteroatoms. The Balaban J connectivity index is 2.89. The van der Waals surface area contributed by atoms with Gasteiger partial charge in [0.15, 0.2) is 0 Å². The molecule has 0 aliphatic carbocycles. The van der Waals surface area contributed by atoms with Crippen LogP contribution in [0, 0.1) is 5.92 Å². The summed E-state index contributed by atoms with van der Waals surface area (Å²) in [5, 5.41) is 8.93. The van der Waals surface area contributed by atoms with Gasteiger partial charge in [-0.05, 0) is 23.6 Å². The van der Waals surface area contributed by atoms with Gasteiger partial charge in [0.25, 0.3) is 0 Å². The molecule has 0 radical (unpaired) electrons. The van der Waals surface area contributed by atoms with Crippen LogP contribution in [0.5, 0.6) is 0 Å². The number of aliphatic hydroxyl groups is 1. The summed E-state index contributed by atoms with van der Waals surface area (Å²) in [4.78, 5) is 0.194. The number of hydrogen-bond donors (Lipinski definition) is 2. The predicted molar refractivity (Wildman–Crippen MR) is 62.4 cm³/mol. The molecule has 0 heterocycles. The zero-order chi connectivity index (χ0) is 12.2. The van der Waals surface area contributed by atoms with Crippen molar-refractivity contribution in [1.29, 1.82) is 0 Å². The van der Waals surface area contributed by atoms with Crippen LogP contribution in [0.15, 0.2) is 29.2 Å². The average Bonchev–Trinajstić information content (AvgIpc) is 2.27. The molecule has 0 atom stereocenters. The standard InChI is InChI=1S/C11H17NO3S/c1-9(2)7-12-16(14,15)11-5-3-4-10(6-11)8-13/h3-6,9,12-13H,7-8H2,1-2H3. The lowest BCUT2D eigenvalue weighted by molar-refractivity contribution is 0.281. The molecule has 0 bridgehead atoms. The molecular weight excluding hydrogens is 226 g/mol. The van der Waals surface area contributed by atoms with Gasteiger partial charge in [-0.25, -0.2) is 13.1 Å². The van der Waals surface area contributed by atoms with Crippen LogP contribution >= 0.6 is 0 Å². The highest BCUT2D eigenvalue weighted by Gasteiger charge is 2.14. The van der Waals surface area contributed by atoms with E-state index in [0.717, 1.165) is 0 Å². The normalized spacial score (nSPS) is 12.0. The molecule has 0 fully saturated rings. The molecule has 0 unspecified atom stereocenters. The zero-order valence-electron chi connectivity index (χ0n) is 9.47. The summed E-state index contributed by atoms with van der Waals surface area (Å²) < 4.78 is 26.1. The molecule has 0 aromatic heterocycles. The van der Waals surface area contributed by atoms with Crippen molar-refractivity contribution in [2.75, 3.05) is 6.54 Å². The number of aliphatic hydroxyl groups excluding tert-OH is 1. The van der Waals surface area contributed by atoms with E-state index < -0.39 is 10.0 Å². The van der Waals surface area contributed by atoms with Crippen molar-refractivity contribution in [3.8, 4) is 0 Å². The van der Waals surface area contributed by atoms with Crippen LogP contribution in [0.1, 0.15) is 19.4 Å². The quantitative estimate of drug-likeness (QED) is 0.814. The molecule has 90 valence electrons. The largest absolute Gasteiger partial charge is 0.392 e. The number of sulfonamides is 1. The van der Waals surface area contributed by atoms with Crippen molar-refractivity contribution >= 4 is 10.0 Å². The molecule has 1 aromatic rings. The van der Waals surface area contributed by atoms with Gasteiger partial charge in [0.05, 0.1) is 11.5 Å². The van der Waals surface area contributed by atoms with Gasteiger partial charge in [-0.3, -0.25) is 0 Å². The molecule has 0 saturated heterocycles. The molecule has 0 saturated carbocycles. The molecule has 1 aromatic carbocycles. The van der Waals surface area contributed by atoms with Gasteiger partial charge in [0.2, 0.25) is 10.0 Å². The van der Waals surface area contributed by atoms with Crippen LogP contribution < -0.4 is 4.72 Å².